The average molecular weight is 398 g/mol. The molecule has 3 nitrogen and oxygen atoms in total. The summed E-state index contributed by atoms with van der Waals surface area (Å²) in [5.41, 5.74) is 5.73. The van der Waals surface area contributed by atoms with Crippen LogP contribution in [-0.4, -0.2) is 10.5 Å². The van der Waals surface area contributed by atoms with Gasteiger partial charge in [0.15, 0.2) is 0 Å². The maximum Gasteiger partial charge on any atom is 0.340 e. The molecule has 0 radical (unpaired) electrons. The number of carbonyl (C=O) groups excluding carboxylic acids is 1. The SMILES string of the molecule is Cc1ccc(-n2c(C)cc(C(=O)OCc3ccc(Br)cc3)c2C)cc1. The zero-order valence-corrected chi connectivity index (χ0v) is 16.1. The molecule has 25 heavy (non-hydrogen) atoms. The number of rotatable bonds is 4. The van der Waals surface area contributed by atoms with Crippen molar-refractivity contribution >= 4 is 21.9 Å². The largest absolute Gasteiger partial charge is 0.457 e. The smallest absolute Gasteiger partial charge is 0.340 e. The Kier molecular flexibility index (Phi) is 5.09. The van der Waals surface area contributed by atoms with Gasteiger partial charge in [0, 0.05) is 21.5 Å². The van der Waals surface area contributed by atoms with E-state index < -0.39 is 0 Å². The van der Waals surface area contributed by atoms with Crippen molar-refractivity contribution in [3.63, 3.8) is 0 Å². The molecule has 0 atom stereocenters. The van der Waals surface area contributed by atoms with Crippen LogP contribution in [0.5, 0.6) is 0 Å². The van der Waals surface area contributed by atoms with E-state index in [-0.39, 0.29) is 12.6 Å². The predicted molar refractivity (Wildman–Crippen MR) is 103 cm³/mol. The van der Waals surface area contributed by atoms with Crippen molar-refractivity contribution < 1.29 is 9.53 Å². The van der Waals surface area contributed by atoms with Gasteiger partial charge in [-0.25, -0.2) is 4.79 Å². The fourth-order valence-corrected chi connectivity index (χ4v) is 3.13. The van der Waals surface area contributed by atoms with E-state index in [1.807, 2.05) is 44.2 Å². The molecule has 4 heteroatoms. The number of halogens is 1. The van der Waals surface area contributed by atoms with E-state index in [0.717, 1.165) is 27.1 Å². The highest BCUT2D eigenvalue weighted by molar-refractivity contribution is 9.10. The van der Waals surface area contributed by atoms with Gasteiger partial charge in [-0.3, -0.25) is 0 Å². The Morgan fingerprint density at radius 3 is 2.28 bits per heavy atom. The van der Waals surface area contributed by atoms with Crippen LogP contribution in [0, 0.1) is 20.8 Å². The van der Waals surface area contributed by atoms with Gasteiger partial charge in [-0.2, -0.15) is 0 Å². The highest BCUT2D eigenvalue weighted by Gasteiger charge is 2.18. The van der Waals surface area contributed by atoms with Crippen LogP contribution in [0.1, 0.15) is 32.9 Å². The van der Waals surface area contributed by atoms with Crippen molar-refractivity contribution in [3.8, 4) is 5.69 Å². The Balaban J connectivity index is 1.80. The molecule has 128 valence electrons. The Bertz CT molecular complexity index is 893. The molecule has 0 unspecified atom stereocenters. The monoisotopic (exact) mass is 397 g/mol. The van der Waals surface area contributed by atoms with Gasteiger partial charge < -0.3 is 9.30 Å². The molecular weight excluding hydrogens is 378 g/mol. The van der Waals surface area contributed by atoms with Gasteiger partial charge in [-0.1, -0.05) is 45.8 Å². The number of aryl methyl sites for hydroxylation is 2. The third-order valence-electron chi connectivity index (χ3n) is 4.23. The first-order valence-electron chi connectivity index (χ1n) is 8.13. The van der Waals surface area contributed by atoms with Crippen LogP contribution in [0.3, 0.4) is 0 Å². The first-order chi connectivity index (χ1) is 12.0. The molecule has 0 spiro atoms. The number of esters is 1. The van der Waals surface area contributed by atoms with Crippen LogP contribution in [0.25, 0.3) is 5.69 Å². The van der Waals surface area contributed by atoms with Crippen LogP contribution in [0.2, 0.25) is 0 Å². The summed E-state index contributed by atoms with van der Waals surface area (Å²) in [5.74, 6) is -0.297. The Morgan fingerprint density at radius 2 is 1.64 bits per heavy atom. The van der Waals surface area contributed by atoms with Crippen molar-refractivity contribution in [2.45, 2.75) is 27.4 Å². The van der Waals surface area contributed by atoms with Crippen LogP contribution in [-0.2, 0) is 11.3 Å². The number of carbonyl (C=O) groups is 1. The lowest BCUT2D eigenvalue weighted by molar-refractivity contribution is 0.0472. The van der Waals surface area contributed by atoms with Gasteiger partial charge in [0.25, 0.3) is 0 Å². The fraction of sp³-hybridized carbons (Fsp3) is 0.190. The van der Waals surface area contributed by atoms with Gasteiger partial charge in [0.05, 0.1) is 5.56 Å². The van der Waals surface area contributed by atoms with E-state index in [1.54, 1.807) is 0 Å². The van der Waals surface area contributed by atoms with Gasteiger partial charge in [-0.05, 0) is 56.7 Å². The normalized spacial score (nSPS) is 10.7. The molecular formula is C21H20BrNO2. The van der Waals surface area contributed by atoms with E-state index in [9.17, 15) is 4.79 Å². The number of aromatic nitrogens is 1. The summed E-state index contributed by atoms with van der Waals surface area (Å²) in [6.45, 7) is 6.27. The molecule has 2 aromatic carbocycles. The van der Waals surface area contributed by atoms with E-state index in [1.165, 1.54) is 5.56 Å². The van der Waals surface area contributed by atoms with Gasteiger partial charge in [0.1, 0.15) is 6.61 Å². The molecule has 0 fully saturated rings. The number of ether oxygens (including phenoxy) is 1. The molecule has 3 aromatic rings. The van der Waals surface area contributed by atoms with E-state index >= 15 is 0 Å². The molecule has 3 rings (SSSR count). The maximum atomic E-state index is 12.5. The molecule has 0 bridgehead atoms. The van der Waals surface area contributed by atoms with E-state index in [0.29, 0.717) is 5.56 Å². The fourth-order valence-electron chi connectivity index (χ4n) is 2.87. The van der Waals surface area contributed by atoms with Crippen molar-refractivity contribution in [2.24, 2.45) is 0 Å². The van der Waals surface area contributed by atoms with E-state index in [4.69, 9.17) is 4.74 Å². The molecule has 0 amide bonds. The second-order valence-corrected chi connectivity index (χ2v) is 7.07. The third-order valence-corrected chi connectivity index (χ3v) is 4.76. The predicted octanol–water partition coefficient (Wildman–Crippen LogP) is 5.52. The molecule has 0 aliphatic heterocycles. The summed E-state index contributed by atoms with van der Waals surface area (Å²) in [4.78, 5) is 12.5. The summed E-state index contributed by atoms with van der Waals surface area (Å²) in [6.07, 6.45) is 0. The molecule has 0 saturated heterocycles. The maximum absolute atomic E-state index is 12.5. The summed E-state index contributed by atoms with van der Waals surface area (Å²) in [6, 6.07) is 17.9. The lowest BCUT2D eigenvalue weighted by atomic mass is 10.2. The Labute approximate surface area is 156 Å². The molecule has 0 saturated carbocycles. The van der Waals surface area contributed by atoms with Crippen molar-refractivity contribution in [1.29, 1.82) is 0 Å². The van der Waals surface area contributed by atoms with Crippen molar-refractivity contribution in [3.05, 3.63) is 87.1 Å². The van der Waals surface area contributed by atoms with Gasteiger partial charge >= 0.3 is 5.97 Å². The second kappa shape index (κ2) is 7.28. The number of hydrogen-bond donors (Lipinski definition) is 0. The molecule has 0 aliphatic carbocycles. The minimum absolute atomic E-state index is 0.264. The van der Waals surface area contributed by atoms with Crippen molar-refractivity contribution in [2.75, 3.05) is 0 Å². The highest BCUT2D eigenvalue weighted by Crippen LogP contribution is 2.22. The highest BCUT2D eigenvalue weighted by atomic mass is 79.9. The molecule has 0 N–H and O–H groups in total. The summed E-state index contributed by atoms with van der Waals surface area (Å²) in [7, 11) is 0. The lowest BCUT2D eigenvalue weighted by Gasteiger charge is -2.10. The quantitative estimate of drug-likeness (QED) is 0.542. The lowest BCUT2D eigenvalue weighted by Crippen LogP contribution is -2.07. The molecule has 1 aromatic heterocycles. The van der Waals surface area contributed by atoms with Crippen LogP contribution >= 0.6 is 15.9 Å². The second-order valence-electron chi connectivity index (χ2n) is 6.16. The van der Waals surface area contributed by atoms with E-state index in [2.05, 4.69) is 51.7 Å². The minimum Gasteiger partial charge on any atom is -0.457 e. The van der Waals surface area contributed by atoms with Gasteiger partial charge in [0.2, 0.25) is 0 Å². The first-order valence-corrected chi connectivity index (χ1v) is 8.92. The van der Waals surface area contributed by atoms with Crippen LogP contribution < -0.4 is 0 Å². The molecule has 1 heterocycles. The van der Waals surface area contributed by atoms with Crippen LogP contribution in [0.15, 0.2) is 59.1 Å². The third kappa shape index (κ3) is 3.85. The summed E-state index contributed by atoms with van der Waals surface area (Å²) in [5, 5.41) is 0. The van der Waals surface area contributed by atoms with Gasteiger partial charge in [-0.15, -0.1) is 0 Å². The standard InChI is InChI=1S/C21H20BrNO2/c1-14-4-10-19(11-5-14)23-15(2)12-20(16(23)3)21(24)25-13-17-6-8-18(22)9-7-17/h4-12H,13H2,1-3H3. The zero-order chi connectivity index (χ0) is 18.0. The minimum atomic E-state index is -0.297. The zero-order valence-electron chi connectivity index (χ0n) is 14.5. The topological polar surface area (TPSA) is 31.2 Å². The Hall–Kier alpha value is -2.33. The molecule has 0 aliphatic rings. The first kappa shape index (κ1) is 17.5. The van der Waals surface area contributed by atoms with Crippen LogP contribution in [0.4, 0.5) is 0 Å². The number of hydrogen-bond acceptors (Lipinski definition) is 2. The number of benzene rings is 2. The number of nitrogens with zero attached hydrogens (tertiary/aromatic N) is 1. The summed E-state index contributed by atoms with van der Waals surface area (Å²) < 4.78 is 8.57. The Morgan fingerprint density at radius 1 is 1.00 bits per heavy atom. The summed E-state index contributed by atoms with van der Waals surface area (Å²) >= 11 is 3.40. The average Bonchev–Trinajstić information content (AvgIpc) is 2.90. The van der Waals surface area contributed by atoms with Crippen molar-refractivity contribution in [1.82, 2.24) is 4.57 Å².